The molecule has 1 aromatic rings. The van der Waals surface area contributed by atoms with E-state index in [0.29, 0.717) is 0 Å². The quantitative estimate of drug-likeness (QED) is 0.463. The van der Waals surface area contributed by atoms with Crippen LogP contribution in [0, 0.1) is 10.1 Å². The molecule has 6 nitrogen and oxygen atoms in total. The normalized spacial score (nSPS) is 9.69. The lowest BCUT2D eigenvalue weighted by molar-refractivity contribution is -0.385. The van der Waals surface area contributed by atoms with E-state index in [1.165, 1.54) is 20.3 Å². The summed E-state index contributed by atoms with van der Waals surface area (Å²) >= 11 is 5.74. The van der Waals surface area contributed by atoms with Crippen LogP contribution in [-0.4, -0.2) is 25.1 Å². The molecule has 0 aromatic heterocycles. The first-order valence-electron chi connectivity index (χ1n) is 4.11. The fraction of sp³-hybridized carbons (Fsp3) is 0.222. The Morgan fingerprint density at radius 2 is 2.06 bits per heavy atom. The van der Waals surface area contributed by atoms with Gasteiger partial charge in [0.1, 0.15) is 0 Å². The Labute approximate surface area is 95.9 Å². The molecule has 0 bridgehead atoms. The number of nitro groups is 1. The Kier molecular flexibility index (Phi) is 3.68. The van der Waals surface area contributed by atoms with Gasteiger partial charge in [-0.05, 0) is 6.07 Å². The molecule has 0 saturated heterocycles. The second-order valence-corrected chi connectivity index (χ2v) is 3.17. The molecule has 16 heavy (non-hydrogen) atoms. The Hall–Kier alpha value is -1.82. The van der Waals surface area contributed by atoms with Crippen LogP contribution >= 0.6 is 11.6 Å². The molecule has 0 aliphatic carbocycles. The maximum Gasteiger partial charge on any atom is 0.338 e. The standard InChI is InChI=1S/C9H8ClNO5/c1-15-8-6(10)3-5(9(12)16-2)4-7(8)11(13)14/h3-4H,1-2H3. The summed E-state index contributed by atoms with van der Waals surface area (Å²) in [5.74, 6) is -0.785. The van der Waals surface area contributed by atoms with Crippen LogP contribution in [0.3, 0.4) is 0 Å². The summed E-state index contributed by atoms with van der Waals surface area (Å²) in [7, 11) is 2.43. The van der Waals surface area contributed by atoms with Gasteiger partial charge in [0.15, 0.2) is 0 Å². The van der Waals surface area contributed by atoms with E-state index < -0.39 is 10.9 Å². The van der Waals surface area contributed by atoms with E-state index in [9.17, 15) is 14.9 Å². The summed E-state index contributed by atoms with van der Waals surface area (Å²) in [6.07, 6.45) is 0. The topological polar surface area (TPSA) is 78.7 Å². The van der Waals surface area contributed by atoms with Gasteiger partial charge in [0, 0.05) is 6.07 Å². The molecule has 7 heteroatoms. The third-order valence-electron chi connectivity index (χ3n) is 1.85. The van der Waals surface area contributed by atoms with Gasteiger partial charge < -0.3 is 9.47 Å². The lowest BCUT2D eigenvalue weighted by atomic mass is 10.2. The van der Waals surface area contributed by atoms with Gasteiger partial charge in [-0.1, -0.05) is 11.6 Å². The van der Waals surface area contributed by atoms with Crippen LogP contribution in [0.25, 0.3) is 0 Å². The summed E-state index contributed by atoms with van der Waals surface area (Å²) in [6.45, 7) is 0. The Balaban J connectivity index is 3.39. The predicted molar refractivity (Wildman–Crippen MR) is 56.0 cm³/mol. The van der Waals surface area contributed by atoms with E-state index in [1.807, 2.05) is 0 Å². The summed E-state index contributed by atoms with van der Waals surface area (Å²) < 4.78 is 9.22. The van der Waals surface area contributed by atoms with Crippen LogP contribution in [0.2, 0.25) is 5.02 Å². The van der Waals surface area contributed by atoms with Crippen molar-refractivity contribution in [2.45, 2.75) is 0 Å². The van der Waals surface area contributed by atoms with Crippen LogP contribution in [0.4, 0.5) is 5.69 Å². The highest BCUT2D eigenvalue weighted by Crippen LogP contribution is 2.35. The minimum absolute atomic E-state index is 0.000000000000000444. The van der Waals surface area contributed by atoms with Crippen molar-refractivity contribution in [3.8, 4) is 5.75 Å². The molecular formula is C9H8ClNO5. The number of carbonyl (C=O) groups excluding carboxylic acids is 1. The van der Waals surface area contributed by atoms with Crippen LogP contribution in [-0.2, 0) is 4.74 Å². The fourth-order valence-corrected chi connectivity index (χ4v) is 1.44. The molecule has 0 fully saturated rings. The number of esters is 1. The second kappa shape index (κ2) is 4.80. The van der Waals surface area contributed by atoms with Gasteiger partial charge in [0.25, 0.3) is 0 Å². The lowest BCUT2D eigenvalue weighted by Crippen LogP contribution is -2.03. The monoisotopic (exact) mass is 245 g/mol. The zero-order valence-electron chi connectivity index (χ0n) is 8.52. The maximum atomic E-state index is 11.2. The highest BCUT2D eigenvalue weighted by molar-refractivity contribution is 6.32. The Morgan fingerprint density at radius 3 is 2.50 bits per heavy atom. The van der Waals surface area contributed by atoms with E-state index in [0.717, 1.165) is 6.07 Å². The first-order chi connectivity index (χ1) is 7.51. The van der Waals surface area contributed by atoms with Crippen molar-refractivity contribution < 1.29 is 19.2 Å². The zero-order valence-corrected chi connectivity index (χ0v) is 9.28. The van der Waals surface area contributed by atoms with Gasteiger partial charge >= 0.3 is 11.7 Å². The zero-order chi connectivity index (χ0) is 12.3. The molecule has 0 saturated carbocycles. The molecule has 0 amide bonds. The van der Waals surface area contributed by atoms with E-state index in [1.54, 1.807) is 0 Å². The van der Waals surface area contributed by atoms with Crippen LogP contribution in [0.15, 0.2) is 12.1 Å². The van der Waals surface area contributed by atoms with Gasteiger partial charge in [0.2, 0.25) is 5.75 Å². The summed E-state index contributed by atoms with van der Waals surface area (Å²) in [6, 6.07) is 2.30. The number of halogens is 1. The van der Waals surface area contributed by atoms with Crippen molar-refractivity contribution in [3.05, 3.63) is 32.8 Å². The van der Waals surface area contributed by atoms with E-state index in [2.05, 4.69) is 4.74 Å². The number of hydrogen-bond donors (Lipinski definition) is 0. The van der Waals surface area contributed by atoms with E-state index in [-0.39, 0.29) is 22.0 Å². The third-order valence-corrected chi connectivity index (χ3v) is 2.13. The second-order valence-electron chi connectivity index (χ2n) is 2.76. The fourth-order valence-electron chi connectivity index (χ4n) is 1.15. The number of nitro benzene ring substituents is 1. The van der Waals surface area contributed by atoms with Gasteiger partial charge in [-0.2, -0.15) is 0 Å². The number of hydrogen-bond acceptors (Lipinski definition) is 5. The van der Waals surface area contributed by atoms with E-state index in [4.69, 9.17) is 16.3 Å². The molecule has 0 aliphatic heterocycles. The number of ether oxygens (including phenoxy) is 2. The highest BCUT2D eigenvalue weighted by Gasteiger charge is 2.22. The molecule has 0 aliphatic rings. The molecule has 0 unspecified atom stereocenters. The molecule has 1 rings (SSSR count). The summed E-state index contributed by atoms with van der Waals surface area (Å²) in [5, 5.41) is 10.7. The largest absolute Gasteiger partial charge is 0.489 e. The molecule has 0 N–H and O–H groups in total. The number of methoxy groups -OCH3 is 2. The molecule has 86 valence electrons. The average Bonchev–Trinajstić information content (AvgIpc) is 2.26. The number of benzene rings is 1. The first-order valence-corrected chi connectivity index (χ1v) is 4.49. The minimum Gasteiger partial charge on any atom is -0.489 e. The van der Waals surface area contributed by atoms with Crippen molar-refractivity contribution in [3.63, 3.8) is 0 Å². The van der Waals surface area contributed by atoms with Crippen LogP contribution in [0.5, 0.6) is 5.75 Å². The number of nitrogens with zero attached hydrogens (tertiary/aromatic N) is 1. The SMILES string of the molecule is COC(=O)c1cc(Cl)c(OC)c([N+](=O)[O-])c1. The molecule has 0 radical (unpaired) electrons. The first kappa shape index (κ1) is 12.3. The number of carbonyl (C=O) groups is 1. The number of rotatable bonds is 3. The maximum absolute atomic E-state index is 11.2. The van der Waals surface area contributed by atoms with Crippen molar-refractivity contribution >= 4 is 23.3 Å². The van der Waals surface area contributed by atoms with Crippen LogP contribution < -0.4 is 4.74 Å². The van der Waals surface area contributed by atoms with Crippen molar-refractivity contribution in [2.24, 2.45) is 0 Å². The van der Waals surface area contributed by atoms with Gasteiger partial charge in [-0.25, -0.2) is 4.79 Å². The minimum atomic E-state index is -0.701. The van der Waals surface area contributed by atoms with Gasteiger partial charge in [-0.15, -0.1) is 0 Å². The molecule has 1 aromatic carbocycles. The summed E-state index contributed by atoms with van der Waals surface area (Å²) in [5.41, 5.74) is -0.379. The third kappa shape index (κ3) is 2.22. The smallest absolute Gasteiger partial charge is 0.338 e. The molecular weight excluding hydrogens is 238 g/mol. The van der Waals surface area contributed by atoms with E-state index >= 15 is 0 Å². The summed E-state index contributed by atoms with van der Waals surface area (Å²) in [4.78, 5) is 21.2. The predicted octanol–water partition coefficient (Wildman–Crippen LogP) is 2.04. The molecule has 0 atom stereocenters. The average molecular weight is 246 g/mol. The Morgan fingerprint density at radius 1 is 1.44 bits per heavy atom. The van der Waals surface area contributed by atoms with Crippen LogP contribution in [0.1, 0.15) is 10.4 Å². The van der Waals surface area contributed by atoms with Crippen molar-refractivity contribution in [1.82, 2.24) is 0 Å². The highest BCUT2D eigenvalue weighted by atomic mass is 35.5. The van der Waals surface area contributed by atoms with Gasteiger partial charge in [-0.3, -0.25) is 10.1 Å². The van der Waals surface area contributed by atoms with Gasteiger partial charge in [0.05, 0.1) is 29.7 Å². The van der Waals surface area contributed by atoms with Crippen molar-refractivity contribution in [1.29, 1.82) is 0 Å². The molecule has 0 heterocycles. The van der Waals surface area contributed by atoms with Crippen molar-refractivity contribution in [2.75, 3.05) is 14.2 Å². The molecule has 0 spiro atoms. The Bertz CT molecular complexity index is 446. The lowest BCUT2D eigenvalue weighted by Gasteiger charge is -2.06.